The van der Waals surface area contributed by atoms with Gasteiger partial charge in [0.1, 0.15) is 0 Å². The smallest absolute Gasteiger partial charge is 0.237 e. The summed E-state index contributed by atoms with van der Waals surface area (Å²) in [5.74, 6) is 0.191. The van der Waals surface area contributed by atoms with Gasteiger partial charge in [-0.1, -0.05) is 0 Å². The van der Waals surface area contributed by atoms with E-state index in [1.54, 1.807) is 0 Å². The molecule has 2 fully saturated rings. The predicted octanol–water partition coefficient (Wildman–Crippen LogP) is -0.393. The quantitative estimate of drug-likeness (QED) is 0.565. The maximum atomic E-state index is 11.7. The van der Waals surface area contributed by atoms with E-state index in [9.17, 15) is 4.79 Å². The third-order valence-corrected chi connectivity index (χ3v) is 3.02. The van der Waals surface area contributed by atoms with Gasteiger partial charge in [-0.05, 0) is 38.8 Å². The molecule has 2 heterocycles. The third kappa shape index (κ3) is 2.45. The number of carbonyl (C=O) groups is 1. The van der Waals surface area contributed by atoms with Crippen LogP contribution >= 0.6 is 0 Å². The molecule has 1 unspecified atom stereocenters. The van der Waals surface area contributed by atoms with Gasteiger partial charge < -0.3 is 16.0 Å². The fourth-order valence-electron chi connectivity index (χ4n) is 2.19. The highest BCUT2D eigenvalue weighted by Gasteiger charge is 2.24. The highest BCUT2D eigenvalue weighted by atomic mass is 16.2. The monoisotopic (exact) mass is 197 g/mol. The van der Waals surface area contributed by atoms with Crippen LogP contribution in [0.25, 0.3) is 0 Å². The molecule has 0 spiro atoms. The molecule has 2 aliphatic rings. The molecule has 4 heteroatoms. The Bertz CT molecular complexity index is 196. The first-order chi connectivity index (χ1) is 6.86. The summed E-state index contributed by atoms with van der Waals surface area (Å²) < 4.78 is 0. The van der Waals surface area contributed by atoms with Crippen molar-refractivity contribution in [1.29, 1.82) is 0 Å². The molecule has 0 saturated carbocycles. The molecular formula is C10H19N3O. The average molecular weight is 197 g/mol. The van der Waals surface area contributed by atoms with Gasteiger partial charge in [0.2, 0.25) is 5.91 Å². The van der Waals surface area contributed by atoms with Crippen LogP contribution in [-0.4, -0.2) is 37.6 Å². The van der Waals surface area contributed by atoms with E-state index < -0.39 is 0 Å². The lowest BCUT2D eigenvalue weighted by Crippen LogP contribution is -2.50. The van der Waals surface area contributed by atoms with Gasteiger partial charge in [0, 0.05) is 12.6 Å². The van der Waals surface area contributed by atoms with Gasteiger partial charge >= 0.3 is 0 Å². The van der Waals surface area contributed by atoms with Crippen molar-refractivity contribution < 1.29 is 4.79 Å². The second-order valence-electron chi connectivity index (χ2n) is 4.20. The standard InChI is InChI=1S/C10H19N3O/c14-10(9-4-2-6-12-9)13-8-3-1-5-11-7-8/h8-9,11-12H,1-7H2,(H,13,14)/t8-,9?/m1/s1. The van der Waals surface area contributed by atoms with Crippen LogP contribution in [0, 0.1) is 0 Å². The van der Waals surface area contributed by atoms with E-state index in [0.29, 0.717) is 6.04 Å². The van der Waals surface area contributed by atoms with Crippen LogP contribution in [0.15, 0.2) is 0 Å². The lowest BCUT2D eigenvalue weighted by atomic mass is 10.1. The Morgan fingerprint density at radius 2 is 2.07 bits per heavy atom. The summed E-state index contributed by atoms with van der Waals surface area (Å²) in [4.78, 5) is 11.7. The van der Waals surface area contributed by atoms with Gasteiger partial charge in [0.15, 0.2) is 0 Å². The summed E-state index contributed by atoms with van der Waals surface area (Å²) in [7, 11) is 0. The normalized spacial score (nSPS) is 32.9. The van der Waals surface area contributed by atoms with Crippen molar-refractivity contribution in [1.82, 2.24) is 16.0 Å². The number of hydrogen-bond acceptors (Lipinski definition) is 3. The number of rotatable bonds is 2. The van der Waals surface area contributed by atoms with Crippen LogP contribution in [0.2, 0.25) is 0 Å². The summed E-state index contributed by atoms with van der Waals surface area (Å²) in [5.41, 5.74) is 0. The van der Waals surface area contributed by atoms with Crippen molar-refractivity contribution >= 4 is 5.91 Å². The van der Waals surface area contributed by atoms with Crippen molar-refractivity contribution in [2.45, 2.75) is 37.8 Å². The summed E-state index contributed by atoms with van der Waals surface area (Å²) in [6.07, 6.45) is 4.40. The van der Waals surface area contributed by atoms with E-state index in [1.807, 2.05) is 0 Å². The number of amides is 1. The molecule has 14 heavy (non-hydrogen) atoms. The molecule has 4 nitrogen and oxygen atoms in total. The van der Waals surface area contributed by atoms with Crippen molar-refractivity contribution in [3.8, 4) is 0 Å². The van der Waals surface area contributed by atoms with E-state index in [1.165, 1.54) is 6.42 Å². The second kappa shape index (κ2) is 4.75. The Morgan fingerprint density at radius 1 is 1.21 bits per heavy atom. The van der Waals surface area contributed by atoms with Gasteiger partial charge in [-0.25, -0.2) is 0 Å². The SMILES string of the molecule is O=C(N[C@@H]1CCCNC1)C1CCCN1. The molecule has 0 aromatic carbocycles. The summed E-state index contributed by atoms with van der Waals surface area (Å²) in [5, 5.41) is 9.61. The Morgan fingerprint density at radius 3 is 2.71 bits per heavy atom. The van der Waals surface area contributed by atoms with E-state index in [-0.39, 0.29) is 11.9 Å². The molecule has 2 atom stereocenters. The van der Waals surface area contributed by atoms with Crippen molar-refractivity contribution in [2.75, 3.05) is 19.6 Å². The number of piperidine rings is 1. The molecule has 2 saturated heterocycles. The molecule has 0 radical (unpaired) electrons. The maximum Gasteiger partial charge on any atom is 0.237 e. The zero-order chi connectivity index (χ0) is 9.80. The van der Waals surface area contributed by atoms with Gasteiger partial charge in [0.25, 0.3) is 0 Å². The van der Waals surface area contributed by atoms with Gasteiger partial charge in [-0.15, -0.1) is 0 Å². The molecule has 2 rings (SSSR count). The highest BCUT2D eigenvalue weighted by molar-refractivity contribution is 5.82. The number of nitrogens with one attached hydrogen (secondary N) is 3. The number of hydrogen-bond donors (Lipinski definition) is 3. The second-order valence-corrected chi connectivity index (χ2v) is 4.20. The lowest BCUT2D eigenvalue weighted by Gasteiger charge is -2.25. The van der Waals surface area contributed by atoms with Crippen LogP contribution in [0.3, 0.4) is 0 Å². The minimum absolute atomic E-state index is 0.0666. The van der Waals surface area contributed by atoms with E-state index in [0.717, 1.165) is 38.9 Å². The van der Waals surface area contributed by atoms with Crippen LogP contribution in [-0.2, 0) is 4.79 Å². The van der Waals surface area contributed by atoms with Crippen molar-refractivity contribution in [3.63, 3.8) is 0 Å². The minimum Gasteiger partial charge on any atom is -0.351 e. The minimum atomic E-state index is 0.0666. The fourth-order valence-corrected chi connectivity index (χ4v) is 2.19. The zero-order valence-electron chi connectivity index (χ0n) is 8.51. The summed E-state index contributed by atoms with van der Waals surface area (Å²) in [6, 6.07) is 0.413. The largest absolute Gasteiger partial charge is 0.351 e. The first-order valence-electron chi connectivity index (χ1n) is 5.61. The van der Waals surface area contributed by atoms with Crippen LogP contribution in [0.4, 0.5) is 0 Å². The fraction of sp³-hybridized carbons (Fsp3) is 0.900. The predicted molar refractivity (Wildman–Crippen MR) is 55.1 cm³/mol. The molecule has 0 bridgehead atoms. The Kier molecular flexibility index (Phi) is 3.37. The maximum absolute atomic E-state index is 11.7. The summed E-state index contributed by atoms with van der Waals surface area (Å²) in [6.45, 7) is 3.01. The average Bonchev–Trinajstić information content (AvgIpc) is 2.72. The van der Waals surface area contributed by atoms with E-state index in [2.05, 4.69) is 16.0 Å². The Hall–Kier alpha value is -0.610. The molecule has 2 aliphatic heterocycles. The van der Waals surface area contributed by atoms with Gasteiger partial charge in [0.05, 0.1) is 6.04 Å². The topological polar surface area (TPSA) is 53.2 Å². The molecule has 1 amide bonds. The first-order valence-corrected chi connectivity index (χ1v) is 5.61. The number of carbonyl (C=O) groups excluding carboxylic acids is 1. The molecule has 0 aliphatic carbocycles. The first kappa shape index (κ1) is 9.93. The molecular weight excluding hydrogens is 178 g/mol. The van der Waals surface area contributed by atoms with Crippen LogP contribution in [0.1, 0.15) is 25.7 Å². The van der Waals surface area contributed by atoms with Crippen molar-refractivity contribution in [3.05, 3.63) is 0 Å². The Balaban J connectivity index is 1.75. The van der Waals surface area contributed by atoms with Crippen LogP contribution < -0.4 is 16.0 Å². The van der Waals surface area contributed by atoms with E-state index in [4.69, 9.17) is 0 Å². The summed E-state index contributed by atoms with van der Waals surface area (Å²) >= 11 is 0. The third-order valence-electron chi connectivity index (χ3n) is 3.02. The molecule has 80 valence electrons. The van der Waals surface area contributed by atoms with Crippen LogP contribution in [0.5, 0.6) is 0 Å². The zero-order valence-corrected chi connectivity index (χ0v) is 8.51. The molecule has 0 aromatic rings. The Labute approximate surface area is 84.8 Å². The lowest BCUT2D eigenvalue weighted by molar-refractivity contribution is -0.123. The highest BCUT2D eigenvalue weighted by Crippen LogP contribution is 2.07. The van der Waals surface area contributed by atoms with Gasteiger partial charge in [-0.2, -0.15) is 0 Å². The van der Waals surface area contributed by atoms with Crippen molar-refractivity contribution in [2.24, 2.45) is 0 Å². The van der Waals surface area contributed by atoms with Gasteiger partial charge in [-0.3, -0.25) is 4.79 Å². The molecule has 0 aromatic heterocycles. The molecule has 3 N–H and O–H groups in total. The van der Waals surface area contributed by atoms with E-state index >= 15 is 0 Å².